The minimum Gasteiger partial charge on any atom is -0.293 e. The van der Waals surface area contributed by atoms with E-state index in [4.69, 9.17) is 0 Å². The highest BCUT2D eigenvalue weighted by molar-refractivity contribution is 7.18. The van der Waals surface area contributed by atoms with E-state index in [0.29, 0.717) is 15.4 Å². The number of non-ortho nitro benzene ring substituents is 1. The molecular weight excluding hydrogens is 352 g/mol. The van der Waals surface area contributed by atoms with Gasteiger partial charge in [0.1, 0.15) is 5.01 Å². The van der Waals surface area contributed by atoms with Crippen molar-refractivity contribution in [3.05, 3.63) is 56.8 Å². The molecule has 0 spiro atoms. The second-order valence-corrected chi connectivity index (χ2v) is 6.41. The zero-order chi connectivity index (χ0) is 17.1. The molecule has 0 atom stereocenters. The highest BCUT2D eigenvalue weighted by atomic mass is 32.1. The molecule has 24 heavy (non-hydrogen) atoms. The van der Waals surface area contributed by atoms with E-state index in [1.807, 2.05) is 0 Å². The number of carbonyl (C=O) groups excluding carboxylic acids is 2. The van der Waals surface area contributed by atoms with E-state index in [9.17, 15) is 19.7 Å². The lowest BCUT2D eigenvalue weighted by atomic mass is 10.2. The molecule has 0 aliphatic heterocycles. The minimum atomic E-state index is -0.806. The van der Waals surface area contributed by atoms with Gasteiger partial charge in [-0.25, -0.2) is 0 Å². The number of nitro benzene ring substituents is 1. The quantitative estimate of drug-likeness (QED) is 0.324. The van der Waals surface area contributed by atoms with Crippen LogP contribution in [0.25, 0.3) is 10.6 Å². The van der Waals surface area contributed by atoms with Crippen molar-refractivity contribution in [2.75, 3.05) is 5.32 Å². The predicted octanol–water partition coefficient (Wildman–Crippen LogP) is 3.00. The Morgan fingerprint density at radius 1 is 1.17 bits per heavy atom. The summed E-state index contributed by atoms with van der Waals surface area (Å²) in [4.78, 5) is 34.4. The van der Waals surface area contributed by atoms with Gasteiger partial charge in [-0.3, -0.25) is 25.0 Å². The van der Waals surface area contributed by atoms with Crippen LogP contribution in [0.15, 0.2) is 41.8 Å². The fraction of sp³-hybridized carbons (Fsp3) is 0. The number of nitro groups is 1. The number of carbonyl (C=O) groups is 2. The number of aromatic nitrogens is 2. The molecule has 0 saturated carbocycles. The van der Waals surface area contributed by atoms with Gasteiger partial charge in [0.25, 0.3) is 17.4 Å². The molecule has 1 N–H and O–H groups in total. The molecule has 10 heteroatoms. The molecule has 120 valence electrons. The zero-order valence-corrected chi connectivity index (χ0v) is 13.5. The van der Waals surface area contributed by atoms with E-state index < -0.39 is 16.6 Å². The Hall–Kier alpha value is -2.98. The number of hydrogen-bond acceptors (Lipinski definition) is 8. The largest absolute Gasteiger partial charge is 0.299 e. The Morgan fingerprint density at radius 3 is 2.71 bits per heavy atom. The van der Waals surface area contributed by atoms with Crippen LogP contribution in [-0.2, 0) is 4.79 Å². The highest BCUT2D eigenvalue weighted by Gasteiger charge is 2.19. The third-order valence-corrected chi connectivity index (χ3v) is 4.66. The first-order chi connectivity index (χ1) is 11.5. The second-order valence-electron chi connectivity index (χ2n) is 4.48. The van der Waals surface area contributed by atoms with Gasteiger partial charge < -0.3 is 0 Å². The Morgan fingerprint density at radius 2 is 2.00 bits per heavy atom. The molecular formula is C14H8N4O4S2. The summed E-state index contributed by atoms with van der Waals surface area (Å²) in [5.41, 5.74) is 0.438. The molecule has 0 aliphatic carbocycles. The molecule has 0 aliphatic rings. The van der Waals surface area contributed by atoms with E-state index in [-0.39, 0.29) is 10.8 Å². The fourth-order valence-electron chi connectivity index (χ4n) is 1.82. The Labute approximate surface area is 142 Å². The zero-order valence-electron chi connectivity index (χ0n) is 11.8. The van der Waals surface area contributed by atoms with Crippen molar-refractivity contribution in [3.8, 4) is 10.6 Å². The molecule has 3 aromatic rings. The van der Waals surface area contributed by atoms with E-state index in [1.54, 1.807) is 23.6 Å². The van der Waals surface area contributed by atoms with Crippen LogP contribution in [0.2, 0.25) is 0 Å². The molecule has 0 unspecified atom stereocenters. The van der Waals surface area contributed by atoms with Gasteiger partial charge in [-0.05, 0) is 11.4 Å². The maximum absolute atomic E-state index is 11.9. The SMILES string of the molecule is O=C(Nc1nnc(-c2cccc([N+](=O)[O-])c2)s1)C(=O)c1cccs1. The summed E-state index contributed by atoms with van der Waals surface area (Å²) in [6.07, 6.45) is 0. The molecule has 3 rings (SSSR count). The Kier molecular flexibility index (Phi) is 4.40. The summed E-state index contributed by atoms with van der Waals surface area (Å²) in [5, 5.41) is 23.1. The lowest BCUT2D eigenvalue weighted by Gasteiger charge is -1.97. The van der Waals surface area contributed by atoms with Crippen LogP contribution in [0.4, 0.5) is 10.8 Å². The standard InChI is InChI=1S/C14H8N4O4S2/c19-11(10-5-2-6-23-10)12(20)15-14-17-16-13(24-14)8-3-1-4-9(7-8)18(21)22/h1-7H,(H,15,17,20). The summed E-state index contributed by atoms with van der Waals surface area (Å²) in [6, 6.07) is 9.15. The number of benzene rings is 1. The molecule has 2 heterocycles. The smallest absolute Gasteiger partial charge is 0.293 e. The van der Waals surface area contributed by atoms with Crippen molar-refractivity contribution < 1.29 is 14.5 Å². The topological polar surface area (TPSA) is 115 Å². The summed E-state index contributed by atoms with van der Waals surface area (Å²) < 4.78 is 0. The summed E-state index contributed by atoms with van der Waals surface area (Å²) in [7, 11) is 0. The molecule has 0 radical (unpaired) electrons. The predicted molar refractivity (Wildman–Crippen MR) is 89.3 cm³/mol. The van der Waals surface area contributed by atoms with E-state index in [1.165, 1.54) is 29.5 Å². The number of hydrogen-bond donors (Lipinski definition) is 1. The Bertz CT molecular complexity index is 921. The summed E-state index contributed by atoms with van der Waals surface area (Å²) in [6.45, 7) is 0. The van der Waals surface area contributed by atoms with Gasteiger partial charge in [0.2, 0.25) is 5.13 Å². The van der Waals surface area contributed by atoms with Crippen LogP contribution in [0, 0.1) is 10.1 Å². The van der Waals surface area contributed by atoms with Crippen molar-refractivity contribution in [1.29, 1.82) is 0 Å². The van der Waals surface area contributed by atoms with Gasteiger partial charge in [-0.15, -0.1) is 21.5 Å². The Balaban J connectivity index is 1.76. The highest BCUT2D eigenvalue weighted by Crippen LogP contribution is 2.28. The molecule has 2 aromatic heterocycles. The summed E-state index contributed by atoms with van der Waals surface area (Å²) >= 11 is 2.19. The fourth-order valence-corrected chi connectivity index (χ4v) is 3.21. The van der Waals surface area contributed by atoms with E-state index in [2.05, 4.69) is 15.5 Å². The van der Waals surface area contributed by atoms with Crippen LogP contribution >= 0.6 is 22.7 Å². The number of rotatable bonds is 5. The van der Waals surface area contributed by atoms with Crippen LogP contribution in [0.3, 0.4) is 0 Å². The van der Waals surface area contributed by atoms with Gasteiger partial charge in [0.05, 0.1) is 9.80 Å². The van der Waals surface area contributed by atoms with Crippen LogP contribution in [0.5, 0.6) is 0 Å². The molecule has 0 saturated heterocycles. The number of ketones is 1. The van der Waals surface area contributed by atoms with Gasteiger partial charge in [-0.1, -0.05) is 29.5 Å². The molecule has 1 aromatic carbocycles. The number of Topliss-reactive ketones (excluding diaryl/α,β-unsaturated/α-hetero) is 1. The molecule has 0 fully saturated rings. The van der Waals surface area contributed by atoms with Crippen LogP contribution in [0.1, 0.15) is 9.67 Å². The lowest BCUT2D eigenvalue weighted by Crippen LogP contribution is -2.21. The molecule has 8 nitrogen and oxygen atoms in total. The van der Waals surface area contributed by atoms with Gasteiger partial charge in [0.15, 0.2) is 0 Å². The maximum Gasteiger partial charge on any atom is 0.299 e. The van der Waals surface area contributed by atoms with Crippen LogP contribution < -0.4 is 5.32 Å². The monoisotopic (exact) mass is 360 g/mol. The third kappa shape index (κ3) is 3.34. The minimum absolute atomic E-state index is 0.0684. The van der Waals surface area contributed by atoms with Crippen molar-refractivity contribution >= 4 is 45.2 Å². The van der Waals surface area contributed by atoms with Gasteiger partial charge in [0, 0.05) is 17.7 Å². The first-order valence-corrected chi connectivity index (χ1v) is 8.22. The molecule has 1 amide bonds. The first kappa shape index (κ1) is 15.9. The lowest BCUT2D eigenvalue weighted by molar-refractivity contribution is -0.384. The van der Waals surface area contributed by atoms with Gasteiger partial charge in [-0.2, -0.15) is 0 Å². The second kappa shape index (κ2) is 6.64. The third-order valence-electron chi connectivity index (χ3n) is 2.90. The summed E-state index contributed by atoms with van der Waals surface area (Å²) in [5.74, 6) is -1.46. The molecule has 0 bridgehead atoms. The van der Waals surface area contributed by atoms with E-state index in [0.717, 1.165) is 11.3 Å². The number of nitrogens with one attached hydrogen (secondary N) is 1. The normalized spacial score (nSPS) is 10.3. The average molecular weight is 360 g/mol. The van der Waals surface area contributed by atoms with Crippen molar-refractivity contribution in [2.24, 2.45) is 0 Å². The van der Waals surface area contributed by atoms with Crippen molar-refractivity contribution in [3.63, 3.8) is 0 Å². The number of amides is 1. The average Bonchev–Trinajstić information content (AvgIpc) is 3.26. The first-order valence-electron chi connectivity index (χ1n) is 6.52. The van der Waals surface area contributed by atoms with Crippen LogP contribution in [-0.4, -0.2) is 26.8 Å². The number of anilines is 1. The van der Waals surface area contributed by atoms with Crippen molar-refractivity contribution in [2.45, 2.75) is 0 Å². The number of nitrogens with zero attached hydrogens (tertiary/aromatic N) is 3. The van der Waals surface area contributed by atoms with Gasteiger partial charge >= 0.3 is 0 Å². The van der Waals surface area contributed by atoms with Crippen molar-refractivity contribution in [1.82, 2.24) is 10.2 Å². The van der Waals surface area contributed by atoms with E-state index >= 15 is 0 Å². The number of thiophene rings is 1. The maximum atomic E-state index is 11.9.